The molecule has 0 unspecified atom stereocenters. The topological polar surface area (TPSA) is 63.4 Å². The van der Waals surface area contributed by atoms with Gasteiger partial charge in [-0.25, -0.2) is 8.42 Å². The summed E-state index contributed by atoms with van der Waals surface area (Å²) in [5.74, 6) is 0. The number of benzene rings is 1. The molecule has 21 heavy (non-hydrogen) atoms. The van der Waals surface area contributed by atoms with Gasteiger partial charge in [0.1, 0.15) is 4.21 Å². The lowest BCUT2D eigenvalue weighted by Gasteiger charge is -2.30. The second-order valence-electron chi connectivity index (χ2n) is 4.76. The fraction of sp³-hybridized carbons (Fsp3) is 0.231. The van der Waals surface area contributed by atoms with Crippen LogP contribution in [0.4, 0.5) is 11.4 Å². The van der Waals surface area contributed by atoms with Crippen molar-refractivity contribution in [1.29, 1.82) is 0 Å². The van der Waals surface area contributed by atoms with Gasteiger partial charge in [-0.3, -0.25) is 4.31 Å². The molecule has 0 amide bonds. The molecule has 0 saturated carbocycles. The maximum atomic E-state index is 12.8. The quantitative estimate of drug-likeness (QED) is 0.768. The predicted molar refractivity (Wildman–Crippen MR) is 90.7 cm³/mol. The molecule has 0 bridgehead atoms. The van der Waals surface area contributed by atoms with Crippen molar-refractivity contribution in [1.82, 2.24) is 0 Å². The third kappa shape index (κ3) is 2.67. The van der Waals surface area contributed by atoms with Crippen LogP contribution in [0.1, 0.15) is 12.0 Å². The number of thiophene rings is 1. The second kappa shape index (κ2) is 5.46. The number of hydrogen-bond donors (Lipinski definition) is 1. The number of hydrogen-bond acceptors (Lipinski definition) is 4. The first-order valence-electron chi connectivity index (χ1n) is 6.25. The highest BCUT2D eigenvalue weighted by atomic mass is 79.9. The molecule has 112 valence electrons. The highest BCUT2D eigenvalue weighted by Crippen LogP contribution is 2.39. The Hall–Kier alpha value is -0.760. The summed E-state index contributed by atoms with van der Waals surface area (Å²) in [5.41, 5.74) is 8.10. The SMILES string of the molecule is Nc1ccc2c(c1)CCCN2S(=O)(=O)c1cc(Cl)c(Br)s1. The first-order chi connectivity index (χ1) is 9.89. The zero-order valence-corrected chi connectivity index (χ0v) is 14.8. The molecule has 1 aromatic carbocycles. The van der Waals surface area contributed by atoms with Gasteiger partial charge in [-0.1, -0.05) is 11.6 Å². The number of fused-ring (bicyclic) bond motifs is 1. The Morgan fingerprint density at radius 1 is 1.33 bits per heavy atom. The Bertz CT molecular complexity index is 785. The summed E-state index contributed by atoms with van der Waals surface area (Å²) in [5, 5.41) is 0.410. The number of nitrogens with two attached hydrogens (primary N) is 1. The van der Waals surface area contributed by atoms with Crippen LogP contribution in [0.25, 0.3) is 0 Å². The van der Waals surface area contributed by atoms with Crippen LogP contribution in [0.2, 0.25) is 5.02 Å². The highest BCUT2D eigenvalue weighted by molar-refractivity contribution is 9.11. The van der Waals surface area contributed by atoms with Gasteiger partial charge in [0, 0.05) is 12.2 Å². The van der Waals surface area contributed by atoms with E-state index >= 15 is 0 Å². The lowest BCUT2D eigenvalue weighted by molar-refractivity contribution is 0.588. The van der Waals surface area contributed by atoms with E-state index in [0.717, 1.165) is 29.7 Å². The first kappa shape index (κ1) is 15.1. The van der Waals surface area contributed by atoms with Crippen molar-refractivity contribution >= 4 is 60.3 Å². The van der Waals surface area contributed by atoms with Crippen molar-refractivity contribution < 1.29 is 8.42 Å². The number of nitrogens with zero attached hydrogens (tertiary/aromatic N) is 1. The average Bonchev–Trinajstić information content (AvgIpc) is 2.78. The standard InChI is InChI=1S/C13H12BrClN2O2S2/c14-13-10(15)7-12(20-13)21(18,19)17-5-1-2-8-6-9(16)3-4-11(8)17/h3-4,6-7H,1-2,5,16H2. The van der Waals surface area contributed by atoms with Crippen molar-refractivity contribution in [3.8, 4) is 0 Å². The number of aryl methyl sites for hydroxylation is 1. The van der Waals surface area contributed by atoms with Gasteiger partial charge in [-0.15, -0.1) is 11.3 Å². The number of halogens is 2. The van der Waals surface area contributed by atoms with E-state index in [0.29, 0.717) is 26.7 Å². The summed E-state index contributed by atoms with van der Waals surface area (Å²) >= 11 is 10.3. The van der Waals surface area contributed by atoms with Crippen molar-refractivity contribution in [2.75, 3.05) is 16.6 Å². The van der Waals surface area contributed by atoms with E-state index in [4.69, 9.17) is 17.3 Å². The van der Waals surface area contributed by atoms with Gasteiger partial charge < -0.3 is 5.73 Å². The molecule has 0 aliphatic carbocycles. The van der Waals surface area contributed by atoms with Crippen molar-refractivity contribution in [3.63, 3.8) is 0 Å². The van der Waals surface area contributed by atoms with E-state index in [1.807, 2.05) is 6.07 Å². The normalized spacial score (nSPS) is 15.0. The van der Waals surface area contributed by atoms with Crippen molar-refractivity contribution in [2.24, 2.45) is 0 Å². The Balaban J connectivity index is 2.09. The third-order valence-electron chi connectivity index (χ3n) is 3.35. The highest BCUT2D eigenvalue weighted by Gasteiger charge is 2.31. The average molecular weight is 408 g/mol. The largest absolute Gasteiger partial charge is 0.399 e. The van der Waals surface area contributed by atoms with Crippen LogP contribution >= 0.6 is 38.9 Å². The first-order valence-corrected chi connectivity index (χ1v) is 9.68. The van der Waals surface area contributed by atoms with E-state index in [1.54, 1.807) is 12.1 Å². The molecule has 2 N–H and O–H groups in total. The fourth-order valence-electron chi connectivity index (χ4n) is 2.39. The summed E-state index contributed by atoms with van der Waals surface area (Å²) in [6, 6.07) is 6.82. The molecule has 8 heteroatoms. The molecule has 2 heterocycles. The summed E-state index contributed by atoms with van der Waals surface area (Å²) < 4.78 is 28.0. The molecule has 2 aromatic rings. The Morgan fingerprint density at radius 3 is 2.76 bits per heavy atom. The van der Waals surface area contributed by atoms with E-state index in [-0.39, 0.29) is 4.21 Å². The Morgan fingerprint density at radius 2 is 2.10 bits per heavy atom. The van der Waals surface area contributed by atoms with Gasteiger partial charge in [-0.2, -0.15) is 0 Å². The molecule has 1 aromatic heterocycles. The molecule has 0 spiro atoms. The van der Waals surface area contributed by atoms with E-state index in [2.05, 4.69) is 15.9 Å². The van der Waals surface area contributed by atoms with Crippen LogP contribution in [0.3, 0.4) is 0 Å². The monoisotopic (exact) mass is 406 g/mol. The van der Waals surface area contributed by atoms with Gasteiger partial charge in [0.2, 0.25) is 0 Å². The van der Waals surface area contributed by atoms with Crippen LogP contribution in [0.5, 0.6) is 0 Å². The maximum Gasteiger partial charge on any atom is 0.273 e. The van der Waals surface area contributed by atoms with E-state index in [9.17, 15) is 8.42 Å². The molecule has 1 aliphatic rings. The van der Waals surface area contributed by atoms with Crippen molar-refractivity contribution in [3.05, 3.63) is 38.6 Å². The van der Waals surface area contributed by atoms with Gasteiger partial charge in [-0.05, 0) is 58.6 Å². The Labute approximate surface area is 140 Å². The lowest BCUT2D eigenvalue weighted by Crippen LogP contribution is -2.35. The van der Waals surface area contributed by atoms with Gasteiger partial charge in [0.25, 0.3) is 10.0 Å². The smallest absolute Gasteiger partial charge is 0.273 e. The summed E-state index contributed by atoms with van der Waals surface area (Å²) in [7, 11) is -3.59. The van der Waals surface area contributed by atoms with Crippen LogP contribution < -0.4 is 10.0 Å². The van der Waals surface area contributed by atoms with Crippen molar-refractivity contribution in [2.45, 2.75) is 17.1 Å². The summed E-state index contributed by atoms with van der Waals surface area (Å²) in [6.07, 6.45) is 1.61. The molecular formula is C13H12BrClN2O2S2. The number of sulfonamides is 1. The van der Waals surface area contributed by atoms with Gasteiger partial charge >= 0.3 is 0 Å². The molecule has 4 nitrogen and oxygen atoms in total. The van der Waals surface area contributed by atoms with Crippen LogP contribution in [0, 0.1) is 0 Å². The van der Waals surface area contributed by atoms with E-state index in [1.165, 1.54) is 10.4 Å². The lowest BCUT2D eigenvalue weighted by atomic mass is 10.0. The Kier molecular flexibility index (Phi) is 3.94. The molecule has 1 aliphatic heterocycles. The van der Waals surface area contributed by atoms with Crippen LogP contribution in [-0.4, -0.2) is 15.0 Å². The molecule has 3 rings (SSSR count). The zero-order chi connectivity index (χ0) is 15.2. The summed E-state index contributed by atoms with van der Waals surface area (Å²) in [6.45, 7) is 0.465. The number of anilines is 2. The molecule has 0 saturated heterocycles. The number of nitrogen functional groups attached to an aromatic ring is 1. The van der Waals surface area contributed by atoms with Gasteiger partial charge in [0.15, 0.2) is 0 Å². The van der Waals surface area contributed by atoms with Gasteiger partial charge in [0.05, 0.1) is 14.5 Å². The fourth-order valence-corrected chi connectivity index (χ4v) is 6.45. The minimum atomic E-state index is -3.59. The minimum Gasteiger partial charge on any atom is -0.399 e. The van der Waals surface area contributed by atoms with Crippen LogP contribution in [-0.2, 0) is 16.4 Å². The van der Waals surface area contributed by atoms with Crippen LogP contribution in [0.15, 0.2) is 32.3 Å². The summed E-state index contributed by atoms with van der Waals surface area (Å²) in [4.78, 5) is 0. The molecule has 0 atom stereocenters. The maximum absolute atomic E-state index is 12.8. The number of rotatable bonds is 2. The third-order valence-corrected chi connectivity index (χ3v) is 8.08. The molecular weight excluding hydrogens is 396 g/mol. The van der Waals surface area contributed by atoms with E-state index < -0.39 is 10.0 Å². The predicted octanol–water partition coefficient (Wildman–Crippen LogP) is 3.89. The second-order valence-corrected chi connectivity index (χ2v) is 9.62. The molecule has 0 radical (unpaired) electrons. The minimum absolute atomic E-state index is 0.240. The molecule has 0 fully saturated rings. The zero-order valence-electron chi connectivity index (χ0n) is 10.8.